The van der Waals surface area contributed by atoms with Crippen LogP contribution in [0.3, 0.4) is 0 Å². The highest BCUT2D eigenvalue weighted by atomic mass is 19.1. The number of rotatable bonds is 2. The van der Waals surface area contributed by atoms with E-state index in [1.807, 2.05) is 12.1 Å². The van der Waals surface area contributed by atoms with Crippen molar-refractivity contribution in [3.05, 3.63) is 41.2 Å². The zero-order valence-corrected chi connectivity index (χ0v) is 9.96. The van der Waals surface area contributed by atoms with E-state index in [0.717, 1.165) is 18.4 Å². The van der Waals surface area contributed by atoms with Crippen molar-refractivity contribution in [1.82, 2.24) is 0 Å². The van der Waals surface area contributed by atoms with Gasteiger partial charge in [0.1, 0.15) is 5.82 Å². The van der Waals surface area contributed by atoms with Gasteiger partial charge in [-0.2, -0.15) is 0 Å². The van der Waals surface area contributed by atoms with Gasteiger partial charge in [-0.05, 0) is 43.9 Å². The van der Waals surface area contributed by atoms with Crippen molar-refractivity contribution in [3.63, 3.8) is 0 Å². The van der Waals surface area contributed by atoms with Gasteiger partial charge in [0.25, 0.3) is 0 Å². The molecule has 0 saturated heterocycles. The van der Waals surface area contributed by atoms with Crippen LogP contribution in [0.25, 0.3) is 5.57 Å². The van der Waals surface area contributed by atoms with E-state index < -0.39 is 11.4 Å². The first kappa shape index (κ1) is 11.8. The summed E-state index contributed by atoms with van der Waals surface area (Å²) >= 11 is 0. The van der Waals surface area contributed by atoms with Crippen LogP contribution in [0.2, 0.25) is 0 Å². The molecule has 2 nitrogen and oxygen atoms in total. The molecule has 0 fully saturated rings. The van der Waals surface area contributed by atoms with Crippen molar-refractivity contribution in [2.45, 2.75) is 26.7 Å². The summed E-state index contributed by atoms with van der Waals surface area (Å²) in [7, 11) is 0. The largest absolute Gasteiger partial charge is 0.481 e. The fraction of sp³-hybridized carbons (Fsp3) is 0.357. The van der Waals surface area contributed by atoms with Gasteiger partial charge in [-0.3, -0.25) is 4.79 Å². The van der Waals surface area contributed by atoms with E-state index in [0.29, 0.717) is 11.1 Å². The Kier molecular flexibility index (Phi) is 2.77. The second-order valence-electron chi connectivity index (χ2n) is 4.86. The number of allylic oxidation sites excluding steroid dienone is 1. The van der Waals surface area contributed by atoms with Gasteiger partial charge in [0.2, 0.25) is 0 Å². The Bertz CT molecular complexity index is 501. The third-order valence-corrected chi connectivity index (χ3v) is 3.34. The van der Waals surface area contributed by atoms with Crippen LogP contribution in [0.15, 0.2) is 24.3 Å². The molecule has 0 spiro atoms. The molecule has 17 heavy (non-hydrogen) atoms. The molecule has 0 amide bonds. The quantitative estimate of drug-likeness (QED) is 0.852. The molecule has 0 aliphatic heterocycles. The lowest BCUT2D eigenvalue weighted by molar-refractivity contribution is -0.143. The van der Waals surface area contributed by atoms with Gasteiger partial charge < -0.3 is 5.11 Å². The molecule has 3 heteroatoms. The van der Waals surface area contributed by atoms with Crippen LogP contribution >= 0.6 is 0 Å². The Labute approximate surface area is 99.8 Å². The lowest BCUT2D eigenvalue weighted by Crippen LogP contribution is -2.27. The van der Waals surface area contributed by atoms with Gasteiger partial charge in [-0.1, -0.05) is 18.2 Å². The fourth-order valence-electron chi connectivity index (χ4n) is 2.24. The predicted octanol–water partition coefficient (Wildman–Crippen LogP) is 3.27. The van der Waals surface area contributed by atoms with Crippen molar-refractivity contribution in [2.24, 2.45) is 5.41 Å². The average Bonchev–Trinajstić information content (AvgIpc) is 2.28. The van der Waals surface area contributed by atoms with Crippen LogP contribution in [0, 0.1) is 11.2 Å². The molecule has 90 valence electrons. The second kappa shape index (κ2) is 3.99. The first-order chi connectivity index (χ1) is 7.94. The Morgan fingerprint density at radius 1 is 1.41 bits per heavy atom. The third kappa shape index (κ3) is 1.86. The smallest absolute Gasteiger partial charge is 0.313 e. The fourth-order valence-corrected chi connectivity index (χ4v) is 2.24. The maximum atomic E-state index is 13.9. The molecule has 1 aromatic carbocycles. The van der Waals surface area contributed by atoms with Crippen LogP contribution in [0.5, 0.6) is 0 Å². The van der Waals surface area contributed by atoms with Crippen molar-refractivity contribution >= 4 is 11.5 Å². The molecule has 1 aliphatic rings. The number of carboxylic acids is 1. The minimum atomic E-state index is -1.06. The highest BCUT2D eigenvalue weighted by molar-refractivity contribution is 5.92. The standard InChI is InChI=1S/C14H15FO2/c1-14(2,13(16)17)10-7-3-5-9-6-4-8-11(15)12(9)10/h4,6-8H,3,5H2,1-2H3,(H,16,17). The molecule has 2 rings (SSSR count). The minimum Gasteiger partial charge on any atom is -0.481 e. The van der Waals surface area contributed by atoms with Crippen LogP contribution in [0.4, 0.5) is 4.39 Å². The van der Waals surface area contributed by atoms with Gasteiger partial charge in [0, 0.05) is 5.56 Å². The van der Waals surface area contributed by atoms with Gasteiger partial charge >= 0.3 is 5.97 Å². The molecule has 1 aromatic rings. The molecule has 0 heterocycles. The van der Waals surface area contributed by atoms with Gasteiger partial charge in [0.05, 0.1) is 5.41 Å². The second-order valence-corrected chi connectivity index (χ2v) is 4.86. The molecule has 0 atom stereocenters. The Morgan fingerprint density at radius 2 is 2.12 bits per heavy atom. The lowest BCUT2D eigenvalue weighted by atomic mass is 9.75. The van der Waals surface area contributed by atoms with E-state index in [4.69, 9.17) is 0 Å². The van der Waals surface area contributed by atoms with Crippen molar-refractivity contribution in [2.75, 3.05) is 0 Å². The van der Waals surface area contributed by atoms with Crippen molar-refractivity contribution in [1.29, 1.82) is 0 Å². The Hall–Kier alpha value is -1.64. The number of hydrogen-bond donors (Lipinski definition) is 1. The SMILES string of the molecule is CC(C)(C(=O)O)C1=CCCc2cccc(F)c21. The number of aryl methyl sites for hydroxylation is 1. The maximum absolute atomic E-state index is 13.9. The normalized spacial score (nSPS) is 15.1. The summed E-state index contributed by atoms with van der Waals surface area (Å²) in [5, 5.41) is 9.25. The highest BCUT2D eigenvalue weighted by Gasteiger charge is 2.35. The van der Waals surface area contributed by atoms with Gasteiger partial charge in [-0.25, -0.2) is 4.39 Å². The number of hydrogen-bond acceptors (Lipinski definition) is 1. The number of carbonyl (C=O) groups is 1. The Balaban J connectivity index is 2.60. The van der Waals surface area contributed by atoms with E-state index in [-0.39, 0.29) is 5.82 Å². The summed E-state index contributed by atoms with van der Waals surface area (Å²) < 4.78 is 13.9. The maximum Gasteiger partial charge on any atom is 0.313 e. The van der Waals surface area contributed by atoms with Crippen LogP contribution in [0.1, 0.15) is 31.4 Å². The van der Waals surface area contributed by atoms with E-state index in [1.54, 1.807) is 19.9 Å². The molecule has 0 unspecified atom stereocenters. The van der Waals surface area contributed by atoms with Crippen molar-refractivity contribution < 1.29 is 14.3 Å². The molecular weight excluding hydrogens is 219 g/mol. The molecule has 1 aliphatic carbocycles. The summed E-state index contributed by atoms with van der Waals surface area (Å²) in [6.07, 6.45) is 3.38. The number of carboxylic acid groups (broad SMARTS) is 1. The first-order valence-electron chi connectivity index (χ1n) is 5.66. The molecule has 0 saturated carbocycles. The summed E-state index contributed by atoms with van der Waals surface area (Å²) in [4.78, 5) is 11.3. The number of benzene rings is 1. The zero-order chi connectivity index (χ0) is 12.6. The van der Waals surface area contributed by atoms with Crippen LogP contribution in [-0.2, 0) is 11.2 Å². The number of fused-ring (bicyclic) bond motifs is 1. The molecule has 1 N–H and O–H groups in total. The summed E-state index contributed by atoms with van der Waals surface area (Å²) in [6, 6.07) is 4.92. The highest BCUT2D eigenvalue weighted by Crippen LogP contribution is 2.40. The molecule has 0 bridgehead atoms. The van der Waals surface area contributed by atoms with Crippen LogP contribution < -0.4 is 0 Å². The monoisotopic (exact) mass is 234 g/mol. The summed E-state index contributed by atoms with van der Waals surface area (Å²) in [5.74, 6) is -1.26. The third-order valence-electron chi connectivity index (χ3n) is 3.34. The average molecular weight is 234 g/mol. The predicted molar refractivity (Wildman–Crippen MR) is 64.1 cm³/mol. The minimum absolute atomic E-state index is 0.331. The number of aliphatic carboxylic acids is 1. The van der Waals surface area contributed by atoms with Gasteiger partial charge in [0.15, 0.2) is 0 Å². The van der Waals surface area contributed by atoms with E-state index >= 15 is 0 Å². The van der Waals surface area contributed by atoms with Crippen molar-refractivity contribution in [3.8, 4) is 0 Å². The number of halogens is 1. The van der Waals surface area contributed by atoms with E-state index in [1.165, 1.54) is 6.07 Å². The molecule has 0 radical (unpaired) electrons. The Morgan fingerprint density at radius 3 is 2.76 bits per heavy atom. The molecule has 0 aromatic heterocycles. The van der Waals surface area contributed by atoms with Gasteiger partial charge in [-0.15, -0.1) is 0 Å². The molecular formula is C14H15FO2. The van der Waals surface area contributed by atoms with E-state index in [2.05, 4.69) is 0 Å². The first-order valence-corrected chi connectivity index (χ1v) is 5.66. The van der Waals surface area contributed by atoms with Crippen LogP contribution in [-0.4, -0.2) is 11.1 Å². The topological polar surface area (TPSA) is 37.3 Å². The summed E-state index contributed by atoms with van der Waals surface area (Å²) in [6.45, 7) is 3.23. The zero-order valence-electron chi connectivity index (χ0n) is 9.96. The summed E-state index contributed by atoms with van der Waals surface area (Å²) in [5.41, 5.74) is 0.907. The van der Waals surface area contributed by atoms with E-state index in [9.17, 15) is 14.3 Å². The lowest BCUT2D eigenvalue weighted by Gasteiger charge is -2.28.